The van der Waals surface area contributed by atoms with Gasteiger partial charge < -0.3 is 14.3 Å². The maximum Gasteiger partial charge on any atom is 0.230 e. The Morgan fingerprint density at radius 2 is 2.17 bits per heavy atom. The van der Waals surface area contributed by atoms with Gasteiger partial charge in [-0.2, -0.15) is 0 Å². The number of para-hydroxylation sites is 1. The number of fused-ring (bicyclic) bond motifs is 1. The molecule has 1 amide bonds. The van der Waals surface area contributed by atoms with Crippen LogP contribution in [0.25, 0.3) is 22.6 Å². The van der Waals surface area contributed by atoms with Crippen LogP contribution >= 0.6 is 11.8 Å². The number of hydrogen-bond donors (Lipinski definition) is 1. The second-order valence-corrected chi connectivity index (χ2v) is 6.62. The summed E-state index contributed by atoms with van der Waals surface area (Å²) in [6.07, 6.45) is 0.913. The summed E-state index contributed by atoms with van der Waals surface area (Å²) in [5.74, 6) is 1.64. The molecule has 0 aliphatic heterocycles. The van der Waals surface area contributed by atoms with Crippen molar-refractivity contribution in [2.45, 2.75) is 31.5 Å². The van der Waals surface area contributed by atoms with Gasteiger partial charge in [0.1, 0.15) is 5.58 Å². The van der Waals surface area contributed by atoms with Gasteiger partial charge in [-0.15, -0.1) is 10.2 Å². The Balaban J connectivity index is 1.73. The van der Waals surface area contributed by atoms with E-state index in [0.717, 1.165) is 17.4 Å². The van der Waals surface area contributed by atoms with E-state index in [2.05, 4.69) is 15.5 Å². The molecule has 1 aromatic carbocycles. The molecule has 2 heterocycles. The highest BCUT2D eigenvalue weighted by molar-refractivity contribution is 7.99. The number of thioether (sulfide) groups is 1. The summed E-state index contributed by atoms with van der Waals surface area (Å²) < 4.78 is 7.68. The Hall–Kier alpha value is -2.28. The first-order valence-electron chi connectivity index (χ1n) is 7.89. The third-order valence-electron chi connectivity index (χ3n) is 3.83. The lowest BCUT2D eigenvalue weighted by Crippen LogP contribution is -2.33. The third kappa shape index (κ3) is 3.46. The molecule has 0 aliphatic rings. The van der Waals surface area contributed by atoms with Gasteiger partial charge in [0, 0.05) is 18.5 Å². The van der Waals surface area contributed by atoms with E-state index in [4.69, 9.17) is 4.42 Å². The van der Waals surface area contributed by atoms with E-state index < -0.39 is 0 Å². The highest BCUT2D eigenvalue weighted by atomic mass is 32.2. The van der Waals surface area contributed by atoms with Gasteiger partial charge in [0.15, 0.2) is 16.7 Å². The number of furan rings is 1. The summed E-state index contributed by atoms with van der Waals surface area (Å²) in [5.41, 5.74) is 0.817. The fraction of sp³-hybridized carbons (Fsp3) is 0.353. The second kappa shape index (κ2) is 7.09. The zero-order chi connectivity index (χ0) is 17.1. The van der Waals surface area contributed by atoms with Crippen molar-refractivity contribution >= 4 is 28.6 Å². The quantitative estimate of drug-likeness (QED) is 0.695. The van der Waals surface area contributed by atoms with Crippen LogP contribution in [0.1, 0.15) is 20.3 Å². The number of hydrogen-bond acceptors (Lipinski definition) is 5. The highest BCUT2D eigenvalue weighted by Crippen LogP contribution is 2.28. The number of benzene rings is 1. The minimum Gasteiger partial charge on any atom is -0.453 e. The molecular formula is C17H20N4O2S. The summed E-state index contributed by atoms with van der Waals surface area (Å²) in [5, 5.41) is 13.0. The Bertz CT molecular complexity index is 822. The topological polar surface area (TPSA) is 73.0 Å². The minimum atomic E-state index is 0.00244. The van der Waals surface area contributed by atoms with Crippen molar-refractivity contribution < 1.29 is 9.21 Å². The van der Waals surface area contributed by atoms with Gasteiger partial charge >= 0.3 is 0 Å². The van der Waals surface area contributed by atoms with Crippen molar-refractivity contribution in [1.29, 1.82) is 0 Å². The van der Waals surface area contributed by atoms with E-state index in [-0.39, 0.29) is 11.9 Å². The molecule has 1 atom stereocenters. The van der Waals surface area contributed by atoms with Crippen LogP contribution in [0.15, 0.2) is 39.9 Å². The van der Waals surface area contributed by atoms with E-state index in [1.165, 1.54) is 11.8 Å². The van der Waals surface area contributed by atoms with Crippen LogP contribution in [0.4, 0.5) is 0 Å². The molecule has 2 aromatic heterocycles. The summed E-state index contributed by atoms with van der Waals surface area (Å²) in [4.78, 5) is 11.9. The van der Waals surface area contributed by atoms with Crippen molar-refractivity contribution in [3.05, 3.63) is 30.3 Å². The van der Waals surface area contributed by atoms with Gasteiger partial charge in [-0.1, -0.05) is 36.9 Å². The molecule has 0 fully saturated rings. The van der Waals surface area contributed by atoms with Crippen LogP contribution in [0.2, 0.25) is 0 Å². The van der Waals surface area contributed by atoms with E-state index in [1.807, 2.05) is 55.8 Å². The fourth-order valence-electron chi connectivity index (χ4n) is 2.30. The number of rotatable bonds is 6. The van der Waals surface area contributed by atoms with Crippen LogP contribution in [-0.4, -0.2) is 32.5 Å². The summed E-state index contributed by atoms with van der Waals surface area (Å²) in [6.45, 7) is 4.03. The predicted octanol–water partition coefficient (Wildman–Crippen LogP) is 3.24. The third-order valence-corrected chi connectivity index (χ3v) is 4.85. The molecule has 126 valence electrons. The molecule has 6 nitrogen and oxygen atoms in total. The maximum atomic E-state index is 11.9. The van der Waals surface area contributed by atoms with Crippen LogP contribution in [-0.2, 0) is 11.8 Å². The van der Waals surface area contributed by atoms with E-state index >= 15 is 0 Å². The number of nitrogens with one attached hydrogen (secondary N) is 1. The zero-order valence-electron chi connectivity index (χ0n) is 13.9. The van der Waals surface area contributed by atoms with Crippen molar-refractivity contribution in [3.8, 4) is 11.6 Å². The molecule has 7 heteroatoms. The number of nitrogens with zero attached hydrogens (tertiary/aromatic N) is 3. The number of amides is 1. The molecule has 3 aromatic rings. The monoisotopic (exact) mass is 344 g/mol. The maximum absolute atomic E-state index is 11.9. The summed E-state index contributed by atoms with van der Waals surface area (Å²) in [7, 11) is 1.87. The Labute approximate surface area is 144 Å². The lowest BCUT2D eigenvalue weighted by molar-refractivity contribution is -0.119. The first-order valence-corrected chi connectivity index (χ1v) is 8.87. The van der Waals surface area contributed by atoms with Crippen molar-refractivity contribution in [2.75, 3.05) is 5.75 Å². The molecule has 0 saturated carbocycles. The lowest BCUT2D eigenvalue weighted by atomic mass is 10.2. The van der Waals surface area contributed by atoms with Gasteiger partial charge in [-0.3, -0.25) is 4.79 Å². The molecule has 1 N–H and O–H groups in total. The van der Waals surface area contributed by atoms with Gasteiger partial charge in [0.25, 0.3) is 0 Å². The van der Waals surface area contributed by atoms with Gasteiger partial charge in [0.2, 0.25) is 5.91 Å². The van der Waals surface area contributed by atoms with E-state index in [9.17, 15) is 4.79 Å². The number of carbonyl (C=O) groups is 1. The van der Waals surface area contributed by atoms with Crippen LogP contribution in [0.3, 0.4) is 0 Å². The lowest BCUT2D eigenvalue weighted by Gasteiger charge is -2.10. The number of aromatic nitrogens is 3. The van der Waals surface area contributed by atoms with Crippen LogP contribution < -0.4 is 5.32 Å². The smallest absolute Gasteiger partial charge is 0.230 e. The largest absolute Gasteiger partial charge is 0.453 e. The minimum absolute atomic E-state index is 0.00244. The average molecular weight is 344 g/mol. The molecular weight excluding hydrogens is 324 g/mol. The Kier molecular flexibility index (Phi) is 4.89. The Morgan fingerprint density at radius 3 is 2.92 bits per heavy atom. The van der Waals surface area contributed by atoms with Crippen LogP contribution in [0.5, 0.6) is 0 Å². The standard InChI is InChI=1S/C17H20N4O2S/c1-4-11(2)18-15(22)10-24-17-20-19-16(21(17)3)14-9-12-7-5-6-8-13(12)23-14/h5-9,11H,4,10H2,1-3H3,(H,18,22)/t11-/m0/s1. The normalized spacial score (nSPS) is 12.5. The molecule has 24 heavy (non-hydrogen) atoms. The van der Waals surface area contributed by atoms with E-state index in [0.29, 0.717) is 22.5 Å². The van der Waals surface area contributed by atoms with Gasteiger partial charge in [0.05, 0.1) is 5.75 Å². The molecule has 0 radical (unpaired) electrons. The SMILES string of the molecule is CC[C@H](C)NC(=O)CSc1nnc(-c2cc3ccccc3o2)n1C. The molecule has 0 aliphatic carbocycles. The molecule has 0 spiro atoms. The highest BCUT2D eigenvalue weighted by Gasteiger charge is 2.16. The Morgan fingerprint density at radius 1 is 1.38 bits per heavy atom. The van der Waals surface area contributed by atoms with Crippen molar-refractivity contribution in [2.24, 2.45) is 7.05 Å². The van der Waals surface area contributed by atoms with E-state index in [1.54, 1.807) is 0 Å². The fourth-order valence-corrected chi connectivity index (χ4v) is 3.02. The second-order valence-electron chi connectivity index (χ2n) is 5.68. The summed E-state index contributed by atoms with van der Waals surface area (Å²) >= 11 is 1.37. The molecule has 0 saturated heterocycles. The molecule has 3 rings (SSSR count). The first-order chi connectivity index (χ1) is 11.6. The predicted molar refractivity (Wildman–Crippen MR) is 94.8 cm³/mol. The van der Waals surface area contributed by atoms with Gasteiger partial charge in [-0.05, 0) is 25.5 Å². The zero-order valence-corrected chi connectivity index (χ0v) is 14.8. The molecule has 0 unspecified atom stereocenters. The van der Waals surface area contributed by atoms with Crippen LogP contribution in [0, 0.1) is 0 Å². The van der Waals surface area contributed by atoms with Crippen molar-refractivity contribution in [3.63, 3.8) is 0 Å². The average Bonchev–Trinajstić information content (AvgIpc) is 3.15. The van der Waals surface area contributed by atoms with Crippen molar-refractivity contribution in [1.82, 2.24) is 20.1 Å². The summed E-state index contributed by atoms with van der Waals surface area (Å²) in [6, 6.07) is 9.95. The van der Waals surface area contributed by atoms with Gasteiger partial charge in [-0.25, -0.2) is 0 Å². The first kappa shape index (κ1) is 16.6. The molecule has 0 bridgehead atoms. The number of carbonyl (C=O) groups excluding carboxylic acids is 1.